The van der Waals surface area contributed by atoms with Gasteiger partial charge in [0.05, 0.1) is 0 Å². The van der Waals surface area contributed by atoms with Gasteiger partial charge in [-0.05, 0) is 51.2 Å². The van der Waals surface area contributed by atoms with Crippen LogP contribution in [0.2, 0.25) is 0 Å². The van der Waals surface area contributed by atoms with Gasteiger partial charge >= 0.3 is 0 Å². The molecule has 1 atom stereocenters. The summed E-state index contributed by atoms with van der Waals surface area (Å²) in [5.41, 5.74) is 0.500. The van der Waals surface area contributed by atoms with E-state index >= 15 is 0 Å². The standard InChI is InChI=1S/C12H26N2S/c1-12(2)6-9-15-10-11(12)14(4)8-5-7-13-3/h11,13H,5-10H2,1-4H3. The number of thioether (sulfide) groups is 1. The number of rotatable bonds is 5. The molecule has 1 aliphatic rings. The molecule has 1 N–H and O–H groups in total. The largest absolute Gasteiger partial charge is 0.320 e. The fraction of sp³-hybridized carbons (Fsp3) is 1.00. The minimum atomic E-state index is 0.500. The first-order valence-electron chi connectivity index (χ1n) is 6.00. The van der Waals surface area contributed by atoms with E-state index in [2.05, 4.69) is 42.9 Å². The highest BCUT2D eigenvalue weighted by molar-refractivity contribution is 7.99. The average molecular weight is 230 g/mol. The molecule has 0 saturated carbocycles. The van der Waals surface area contributed by atoms with Crippen LogP contribution in [-0.2, 0) is 0 Å². The molecule has 1 fully saturated rings. The highest BCUT2D eigenvalue weighted by atomic mass is 32.2. The fourth-order valence-electron chi connectivity index (χ4n) is 2.31. The van der Waals surface area contributed by atoms with Crippen LogP contribution in [0, 0.1) is 5.41 Å². The van der Waals surface area contributed by atoms with Crippen LogP contribution in [0.1, 0.15) is 26.7 Å². The topological polar surface area (TPSA) is 15.3 Å². The van der Waals surface area contributed by atoms with Crippen molar-refractivity contribution in [2.75, 3.05) is 38.7 Å². The number of hydrogen-bond acceptors (Lipinski definition) is 3. The zero-order valence-electron chi connectivity index (χ0n) is 10.7. The van der Waals surface area contributed by atoms with Gasteiger partial charge in [-0.25, -0.2) is 0 Å². The lowest BCUT2D eigenvalue weighted by Gasteiger charge is -2.43. The van der Waals surface area contributed by atoms with Crippen molar-refractivity contribution < 1.29 is 0 Å². The Bertz CT molecular complexity index is 182. The summed E-state index contributed by atoms with van der Waals surface area (Å²) in [5, 5.41) is 3.21. The Hall–Kier alpha value is 0.270. The van der Waals surface area contributed by atoms with Gasteiger partial charge in [0.2, 0.25) is 0 Å². The van der Waals surface area contributed by atoms with E-state index in [0.717, 1.165) is 12.6 Å². The zero-order chi connectivity index (χ0) is 11.3. The summed E-state index contributed by atoms with van der Waals surface area (Å²) < 4.78 is 0. The van der Waals surface area contributed by atoms with Crippen LogP contribution in [0.5, 0.6) is 0 Å². The monoisotopic (exact) mass is 230 g/mol. The molecule has 1 rings (SSSR count). The second kappa shape index (κ2) is 6.12. The molecule has 0 radical (unpaired) electrons. The number of nitrogens with one attached hydrogen (secondary N) is 1. The van der Waals surface area contributed by atoms with Gasteiger partial charge in [0.15, 0.2) is 0 Å². The van der Waals surface area contributed by atoms with E-state index in [4.69, 9.17) is 0 Å². The maximum Gasteiger partial charge on any atom is 0.0234 e. The summed E-state index contributed by atoms with van der Waals surface area (Å²) in [6, 6.07) is 0.758. The molecular weight excluding hydrogens is 204 g/mol. The van der Waals surface area contributed by atoms with E-state index in [-0.39, 0.29) is 0 Å². The van der Waals surface area contributed by atoms with Crippen LogP contribution in [0.15, 0.2) is 0 Å². The predicted octanol–water partition coefficient (Wildman–Crippen LogP) is 2.06. The van der Waals surface area contributed by atoms with Gasteiger partial charge < -0.3 is 10.2 Å². The first-order chi connectivity index (χ1) is 7.08. The minimum absolute atomic E-state index is 0.500. The summed E-state index contributed by atoms with van der Waals surface area (Å²) in [6.07, 6.45) is 2.61. The Labute approximate surface area is 99.2 Å². The van der Waals surface area contributed by atoms with Crippen LogP contribution >= 0.6 is 11.8 Å². The molecule has 0 amide bonds. The zero-order valence-corrected chi connectivity index (χ0v) is 11.5. The lowest BCUT2D eigenvalue weighted by atomic mass is 9.81. The van der Waals surface area contributed by atoms with E-state index < -0.39 is 0 Å². The van der Waals surface area contributed by atoms with E-state index in [1.165, 1.54) is 30.9 Å². The lowest BCUT2D eigenvalue weighted by Crippen LogP contribution is -2.48. The molecule has 1 saturated heterocycles. The molecule has 15 heavy (non-hydrogen) atoms. The third-order valence-corrected chi connectivity index (χ3v) is 4.58. The first-order valence-corrected chi connectivity index (χ1v) is 7.16. The Balaban J connectivity index is 2.38. The van der Waals surface area contributed by atoms with E-state index in [0.29, 0.717) is 5.41 Å². The maximum absolute atomic E-state index is 3.21. The third-order valence-electron chi connectivity index (χ3n) is 3.54. The summed E-state index contributed by atoms with van der Waals surface area (Å²) in [4.78, 5) is 2.56. The number of nitrogens with zero attached hydrogens (tertiary/aromatic N) is 1. The molecule has 0 bridgehead atoms. The molecule has 0 aromatic carbocycles. The highest BCUT2D eigenvalue weighted by Gasteiger charge is 2.34. The fourth-order valence-corrected chi connectivity index (χ4v) is 4.07. The van der Waals surface area contributed by atoms with Crippen LogP contribution in [0.25, 0.3) is 0 Å². The molecule has 0 aromatic heterocycles. The SMILES string of the molecule is CNCCCN(C)C1CSCCC1(C)C. The molecule has 0 aromatic rings. The highest BCUT2D eigenvalue weighted by Crippen LogP contribution is 2.36. The maximum atomic E-state index is 3.21. The van der Waals surface area contributed by atoms with Crippen molar-refractivity contribution >= 4 is 11.8 Å². The van der Waals surface area contributed by atoms with Crippen molar-refractivity contribution in [1.82, 2.24) is 10.2 Å². The Kier molecular flexibility index (Phi) is 5.44. The summed E-state index contributed by atoms with van der Waals surface area (Å²) >= 11 is 2.12. The second-order valence-corrected chi connectivity index (χ2v) is 6.42. The molecule has 90 valence electrons. The minimum Gasteiger partial charge on any atom is -0.320 e. The van der Waals surface area contributed by atoms with Gasteiger partial charge in [0.1, 0.15) is 0 Å². The second-order valence-electron chi connectivity index (χ2n) is 5.27. The molecule has 0 spiro atoms. The van der Waals surface area contributed by atoms with Gasteiger partial charge in [-0.3, -0.25) is 0 Å². The van der Waals surface area contributed by atoms with Gasteiger partial charge in [0, 0.05) is 11.8 Å². The normalized spacial score (nSPS) is 25.8. The van der Waals surface area contributed by atoms with Crippen molar-refractivity contribution in [2.24, 2.45) is 5.41 Å². The van der Waals surface area contributed by atoms with Crippen molar-refractivity contribution in [3.8, 4) is 0 Å². The van der Waals surface area contributed by atoms with Gasteiger partial charge in [0.25, 0.3) is 0 Å². The van der Waals surface area contributed by atoms with Crippen LogP contribution in [0.4, 0.5) is 0 Å². The van der Waals surface area contributed by atoms with Crippen LogP contribution in [0.3, 0.4) is 0 Å². The Morgan fingerprint density at radius 3 is 2.80 bits per heavy atom. The van der Waals surface area contributed by atoms with Gasteiger partial charge in [-0.2, -0.15) is 11.8 Å². The summed E-state index contributed by atoms with van der Waals surface area (Å²) in [6.45, 7) is 7.19. The Morgan fingerprint density at radius 1 is 1.47 bits per heavy atom. The Morgan fingerprint density at radius 2 is 2.20 bits per heavy atom. The number of hydrogen-bond donors (Lipinski definition) is 1. The molecule has 2 nitrogen and oxygen atoms in total. The molecule has 1 aliphatic heterocycles. The molecular formula is C12H26N2S. The van der Waals surface area contributed by atoms with Crippen molar-refractivity contribution in [3.05, 3.63) is 0 Å². The molecule has 3 heteroatoms. The smallest absolute Gasteiger partial charge is 0.0234 e. The average Bonchev–Trinajstić information content (AvgIpc) is 2.17. The van der Waals surface area contributed by atoms with Gasteiger partial charge in [-0.15, -0.1) is 0 Å². The van der Waals surface area contributed by atoms with Crippen LogP contribution < -0.4 is 5.32 Å². The third kappa shape index (κ3) is 3.97. The lowest BCUT2D eigenvalue weighted by molar-refractivity contribution is 0.121. The molecule has 1 heterocycles. The molecule has 1 unspecified atom stereocenters. The van der Waals surface area contributed by atoms with Crippen molar-refractivity contribution in [3.63, 3.8) is 0 Å². The summed E-state index contributed by atoms with van der Waals surface area (Å²) in [5.74, 6) is 2.65. The quantitative estimate of drug-likeness (QED) is 0.728. The predicted molar refractivity (Wildman–Crippen MR) is 70.7 cm³/mol. The van der Waals surface area contributed by atoms with Gasteiger partial charge in [-0.1, -0.05) is 13.8 Å². The van der Waals surface area contributed by atoms with E-state index in [9.17, 15) is 0 Å². The van der Waals surface area contributed by atoms with Crippen molar-refractivity contribution in [2.45, 2.75) is 32.7 Å². The van der Waals surface area contributed by atoms with E-state index in [1.807, 2.05) is 7.05 Å². The molecule has 0 aliphatic carbocycles. The van der Waals surface area contributed by atoms with E-state index in [1.54, 1.807) is 0 Å². The summed E-state index contributed by atoms with van der Waals surface area (Å²) in [7, 11) is 4.31. The van der Waals surface area contributed by atoms with Crippen LogP contribution in [-0.4, -0.2) is 49.6 Å². The van der Waals surface area contributed by atoms with Crippen molar-refractivity contribution in [1.29, 1.82) is 0 Å². The first kappa shape index (κ1) is 13.3.